The van der Waals surface area contributed by atoms with Gasteiger partial charge in [0.2, 0.25) is 5.91 Å². The van der Waals surface area contributed by atoms with Gasteiger partial charge < -0.3 is 26.4 Å². The van der Waals surface area contributed by atoms with Crippen molar-refractivity contribution >= 4 is 29.4 Å². The average Bonchev–Trinajstić information content (AvgIpc) is 2.87. The zero-order valence-corrected chi connectivity index (χ0v) is 21.3. The third-order valence-electron chi connectivity index (χ3n) is 5.68. The molecule has 2 heterocycles. The number of halogens is 1. The highest BCUT2D eigenvalue weighted by atomic mass is 19.1. The Morgan fingerprint density at radius 1 is 1.24 bits per heavy atom. The molecule has 12 heteroatoms. The number of carboxylic acid groups (broad SMARTS) is 1. The van der Waals surface area contributed by atoms with Gasteiger partial charge >= 0.3 is 5.97 Å². The van der Waals surface area contributed by atoms with Crippen LogP contribution in [0, 0.1) is 11.3 Å². The molecule has 1 aromatic carbocycles. The van der Waals surface area contributed by atoms with Crippen molar-refractivity contribution in [3.63, 3.8) is 0 Å². The molecule has 0 saturated heterocycles. The van der Waals surface area contributed by atoms with Gasteiger partial charge in [0.1, 0.15) is 6.17 Å². The summed E-state index contributed by atoms with van der Waals surface area (Å²) in [6.45, 7) is 5.63. The van der Waals surface area contributed by atoms with Gasteiger partial charge in [-0.2, -0.15) is 5.26 Å². The number of aliphatic imine (C=N–C) groups is 1. The van der Waals surface area contributed by atoms with E-state index in [4.69, 9.17) is 0 Å². The molecule has 11 nitrogen and oxygen atoms in total. The number of aromatic nitrogens is 1. The molecule has 1 aliphatic rings. The van der Waals surface area contributed by atoms with Crippen LogP contribution in [0.25, 0.3) is 0 Å². The van der Waals surface area contributed by atoms with Gasteiger partial charge in [-0.1, -0.05) is 26.8 Å². The van der Waals surface area contributed by atoms with E-state index in [0.717, 1.165) is 5.56 Å². The van der Waals surface area contributed by atoms with Gasteiger partial charge in [0.15, 0.2) is 5.96 Å². The molecule has 1 aliphatic heterocycles. The first-order valence-corrected chi connectivity index (χ1v) is 11.9. The molecule has 1 aromatic heterocycles. The van der Waals surface area contributed by atoms with Gasteiger partial charge in [0.05, 0.1) is 61.2 Å². The van der Waals surface area contributed by atoms with Crippen molar-refractivity contribution in [2.45, 2.75) is 44.8 Å². The molecule has 2 amide bonds. The summed E-state index contributed by atoms with van der Waals surface area (Å²) < 4.78 is 13.2. The van der Waals surface area contributed by atoms with Crippen LogP contribution in [-0.4, -0.2) is 59.6 Å². The number of carboxylic acids is 1. The lowest BCUT2D eigenvalue weighted by atomic mass is 9.84. The Balaban J connectivity index is 1.66. The Hall–Kier alpha value is -4.53. The lowest BCUT2D eigenvalue weighted by Gasteiger charge is -2.23. The Kier molecular flexibility index (Phi) is 8.96. The molecule has 5 N–H and O–H groups in total. The van der Waals surface area contributed by atoms with Crippen molar-refractivity contribution in [1.29, 1.82) is 5.26 Å². The number of benzene rings is 1. The van der Waals surface area contributed by atoms with Crippen molar-refractivity contribution in [1.82, 2.24) is 20.9 Å². The Morgan fingerprint density at radius 3 is 2.63 bits per heavy atom. The van der Waals surface area contributed by atoms with Gasteiger partial charge in [0.25, 0.3) is 5.91 Å². The van der Waals surface area contributed by atoms with E-state index in [1.807, 2.05) is 20.8 Å². The molecular weight excluding hydrogens is 493 g/mol. The molecule has 200 valence electrons. The number of carbonyl (C=O) groups excluding carboxylic acids is 2. The zero-order chi connectivity index (χ0) is 27.9. The first kappa shape index (κ1) is 28.0. The maximum atomic E-state index is 13.2. The second-order valence-electron chi connectivity index (χ2n) is 9.86. The minimum Gasteiger partial charge on any atom is -0.481 e. The average molecular weight is 524 g/mol. The van der Waals surface area contributed by atoms with Crippen LogP contribution in [0.5, 0.6) is 0 Å². The minimum atomic E-state index is -1.13. The summed E-state index contributed by atoms with van der Waals surface area (Å²) in [4.78, 5) is 44.8. The molecule has 3 rings (SSSR count). The summed E-state index contributed by atoms with van der Waals surface area (Å²) in [6, 6.07) is 7.72. The van der Waals surface area contributed by atoms with E-state index in [1.54, 1.807) is 18.2 Å². The maximum absolute atomic E-state index is 13.2. The number of hydrogen-bond donors (Lipinski definition) is 5. The lowest BCUT2D eigenvalue weighted by Crippen LogP contribution is -2.41. The summed E-state index contributed by atoms with van der Waals surface area (Å²) in [5, 5.41) is 29.7. The van der Waals surface area contributed by atoms with E-state index < -0.39 is 43.0 Å². The number of hydrogen-bond acceptors (Lipinski definition) is 8. The molecule has 0 saturated carbocycles. The van der Waals surface area contributed by atoms with Crippen molar-refractivity contribution in [2.75, 3.05) is 25.0 Å². The van der Waals surface area contributed by atoms with Crippen LogP contribution in [0.1, 0.15) is 60.3 Å². The number of nitrogens with one attached hydrogen (secondary N) is 4. The Labute approximate surface area is 219 Å². The van der Waals surface area contributed by atoms with Crippen LogP contribution in [0.15, 0.2) is 41.7 Å². The molecule has 0 radical (unpaired) electrons. The highest BCUT2D eigenvalue weighted by Gasteiger charge is 2.23. The van der Waals surface area contributed by atoms with E-state index in [9.17, 15) is 29.1 Å². The molecule has 0 fully saturated rings. The second-order valence-corrected chi connectivity index (χ2v) is 9.86. The monoisotopic (exact) mass is 523 g/mol. The number of amides is 2. The van der Waals surface area contributed by atoms with Crippen molar-refractivity contribution < 1.29 is 23.9 Å². The van der Waals surface area contributed by atoms with E-state index in [2.05, 4.69) is 37.3 Å². The van der Waals surface area contributed by atoms with Crippen molar-refractivity contribution in [3.8, 4) is 6.07 Å². The molecule has 2 atom stereocenters. The van der Waals surface area contributed by atoms with Crippen molar-refractivity contribution in [2.24, 2.45) is 4.99 Å². The number of guanidine groups is 1. The van der Waals surface area contributed by atoms with Crippen LogP contribution in [-0.2, 0) is 15.0 Å². The number of nitriles is 1. The van der Waals surface area contributed by atoms with Gasteiger partial charge in [-0.05, 0) is 34.7 Å². The van der Waals surface area contributed by atoms with Gasteiger partial charge in [-0.25, -0.2) is 9.38 Å². The first-order chi connectivity index (χ1) is 17.9. The predicted octanol–water partition coefficient (Wildman–Crippen LogP) is 2.02. The number of anilines is 1. The molecule has 38 heavy (non-hydrogen) atoms. The second kappa shape index (κ2) is 12.1. The van der Waals surface area contributed by atoms with E-state index in [-0.39, 0.29) is 24.1 Å². The summed E-state index contributed by atoms with van der Waals surface area (Å²) in [5.41, 5.74) is 1.97. The number of pyridine rings is 1. The van der Waals surface area contributed by atoms with E-state index in [0.29, 0.717) is 22.8 Å². The smallest absolute Gasteiger partial charge is 0.305 e. The largest absolute Gasteiger partial charge is 0.481 e. The van der Waals surface area contributed by atoms with Crippen LogP contribution in [0.2, 0.25) is 0 Å². The number of alkyl halides is 1. The van der Waals surface area contributed by atoms with Gasteiger partial charge in [-0.15, -0.1) is 0 Å². The standard InChI is InChI=1S/C26H30FN7O4/c1-26(2,3)18-5-15(9-28)4-16(6-18)21(8-23(36)37)34-22(35)14-30-24(38)17-7-20(13-29-10-17)33-25-31-11-19(27)12-32-25/h4-7,10,13,19,21H,8,11-12,14H2,1-3H3,(H,30,38)(H,34,35)(H,36,37)(H2,31,32,33)/t21-/m0/s1. The third kappa shape index (κ3) is 7.99. The fourth-order valence-corrected chi connectivity index (χ4v) is 3.66. The quantitative estimate of drug-likeness (QED) is 0.350. The molecule has 1 unspecified atom stereocenters. The van der Waals surface area contributed by atoms with Crippen LogP contribution in [0.3, 0.4) is 0 Å². The molecule has 0 aliphatic carbocycles. The number of aliphatic carboxylic acids is 1. The molecule has 0 spiro atoms. The van der Waals surface area contributed by atoms with Crippen LogP contribution < -0.4 is 21.3 Å². The topological polar surface area (TPSA) is 169 Å². The normalized spacial score (nSPS) is 15.8. The highest BCUT2D eigenvalue weighted by Crippen LogP contribution is 2.28. The first-order valence-electron chi connectivity index (χ1n) is 11.9. The highest BCUT2D eigenvalue weighted by molar-refractivity contribution is 5.99. The molecule has 0 bridgehead atoms. The van der Waals surface area contributed by atoms with E-state index in [1.165, 1.54) is 18.5 Å². The SMILES string of the molecule is CC(C)(C)c1cc(C#N)cc([C@H](CC(=O)O)NC(=O)CNC(=O)c2cncc(NC3=NCC(F)CN3)c2)c1. The maximum Gasteiger partial charge on any atom is 0.305 e. The zero-order valence-electron chi connectivity index (χ0n) is 21.3. The van der Waals surface area contributed by atoms with Crippen LogP contribution >= 0.6 is 0 Å². The number of carbonyl (C=O) groups is 3. The predicted molar refractivity (Wildman–Crippen MR) is 138 cm³/mol. The lowest BCUT2D eigenvalue weighted by molar-refractivity contribution is -0.137. The number of rotatable bonds is 8. The Morgan fingerprint density at radius 2 is 2.00 bits per heavy atom. The van der Waals surface area contributed by atoms with E-state index >= 15 is 0 Å². The van der Waals surface area contributed by atoms with Crippen molar-refractivity contribution in [3.05, 3.63) is 58.9 Å². The van der Waals surface area contributed by atoms with Gasteiger partial charge in [0, 0.05) is 6.20 Å². The molecular formula is C26H30FN7O4. The summed E-state index contributed by atoms with van der Waals surface area (Å²) in [7, 11) is 0. The third-order valence-corrected chi connectivity index (χ3v) is 5.68. The summed E-state index contributed by atoms with van der Waals surface area (Å²) in [5.74, 6) is -1.95. The fourth-order valence-electron chi connectivity index (χ4n) is 3.66. The summed E-state index contributed by atoms with van der Waals surface area (Å²) in [6.07, 6.45) is 1.32. The molecule has 2 aromatic rings. The Bertz CT molecular complexity index is 1280. The fraction of sp³-hybridized carbons (Fsp3) is 0.385. The minimum absolute atomic E-state index is 0.0270. The number of nitrogens with zero attached hydrogens (tertiary/aromatic N) is 3. The van der Waals surface area contributed by atoms with Gasteiger partial charge in [-0.3, -0.25) is 19.4 Å². The summed E-state index contributed by atoms with van der Waals surface area (Å²) >= 11 is 0. The van der Waals surface area contributed by atoms with Crippen LogP contribution in [0.4, 0.5) is 10.1 Å².